The number of nitrogens with zero attached hydrogens (tertiary/aromatic N) is 5. The molecule has 1 aliphatic rings. The van der Waals surface area contributed by atoms with Crippen molar-refractivity contribution in [1.82, 2.24) is 28.8 Å². The van der Waals surface area contributed by atoms with Crippen LogP contribution in [0.2, 0.25) is 0 Å². The Balaban J connectivity index is 1.51. The highest BCUT2D eigenvalue weighted by atomic mass is 16.2. The lowest BCUT2D eigenvalue weighted by atomic mass is 9.96. The van der Waals surface area contributed by atoms with Gasteiger partial charge >= 0.3 is 11.4 Å². The molecule has 0 spiro atoms. The van der Waals surface area contributed by atoms with Crippen molar-refractivity contribution >= 4 is 5.91 Å². The number of rotatable bonds is 5. The van der Waals surface area contributed by atoms with E-state index in [0.717, 1.165) is 18.5 Å². The van der Waals surface area contributed by atoms with Crippen LogP contribution in [-0.2, 0) is 18.4 Å². The largest absolute Gasteiger partial charge is 0.350 e. The van der Waals surface area contributed by atoms with Gasteiger partial charge in [-0.3, -0.25) is 14.6 Å². The van der Waals surface area contributed by atoms with Crippen LogP contribution in [0.4, 0.5) is 0 Å². The number of hydrogen-bond donors (Lipinski definition) is 1. The zero-order chi connectivity index (χ0) is 22.0. The van der Waals surface area contributed by atoms with Crippen LogP contribution in [0.1, 0.15) is 31.0 Å². The summed E-state index contributed by atoms with van der Waals surface area (Å²) in [7, 11) is 1.62. The van der Waals surface area contributed by atoms with Gasteiger partial charge in [0.15, 0.2) is 0 Å². The first-order valence-electron chi connectivity index (χ1n) is 10.2. The molecular weight excluding hydrogens is 400 g/mol. The lowest BCUT2D eigenvalue weighted by Crippen LogP contribution is -2.40. The molecule has 1 saturated heterocycles. The Morgan fingerprint density at radius 1 is 1.16 bits per heavy atom. The van der Waals surface area contributed by atoms with Crippen LogP contribution in [-0.4, -0.2) is 47.8 Å². The van der Waals surface area contributed by atoms with Gasteiger partial charge in [-0.1, -0.05) is 18.2 Å². The SMILES string of the molecule is Cn1nc(C2CCCN(C(=O)CCn3ccc(=O)[nH]c3=O)C2)n(-c2ccccc2)c1=O. The third-order valence-corrected chi connectivity index (χ3v) is 5.57. The minimum absolute atomic E-state index is 0.0670. The zero-order valence-corrected chi connectivity index (χ0v) is 17.2. The van der Waals surface area contributed by atoms with E-state index < -0.39 is 11.2 Å². The fraction of sp³-hybridized carbons (Fsp3) is 0.381. The molecule has 10 nitrogen and oxygen atoms in total. The number of benzene rings is 1. The van der Waals surface area contributed by atoms with Gasteiger partial charge in [0.2, 0.25) is 5.91 Å². The molecule has 1 aromatic carbocycles. The van der Waals surface area contributed by atoms with Gasteiger partial charge < -0.3 is 9.47 Å². The average Bonchev–Trinajstić information content (AvgIpc) is 3.08. The van der Waals surface area contributed by atoms with Gasteiger partial charge in [0, 0.05) is 51.3 Å². The molecule has 3 aromatic rings. The summed E-state index contributed by atoms with van der Waals surface area (Å²) in [6.07, 6.45) is 3.16. The number of aryl methyl sites for hydroxylation is 2. The van der Waals surface area contributed by atoms with Crippen LogP contribution in [0.25, 0.3) is 5.69 Å². The van der Waals surface area contributed by atoms with Crippen molar-refractivity contribution in [3.8, 4) is 5.69 Å². The minimum atomic E-state index is -0.530. The lowest BCUT2D eigenvalue weighted by Gasteiger charge is -2.32. The van der Waals surface area contributed by atoms with Crippen molar-refractivity contribution in [2.75, 3.05) is 13.1 Å². The molecular formula is C21H24N6O4. The van der Waals surface area contributed by atoms with E-state index >= 15 is 0 Å². The molecule has 0 aliphatic carbocycles. The maximum absolute atomic E-state index is 12.8. The number of piperidine rings is 1. The Bertz CT molecular complexity index is 1250. The molecule has 3 heterocycles. The lowest BCUT2D eigenvalue weighted by molar-refractivity contribution is -0.132. The normalized spacial score (nSPS) is 16.4. The molecule has 4 rings (SSSR count). The fourth-order valence-electron chi connectivity index (χ4n) is 3.98. The number of hydrogen-bond acceptors (Lipinski definition) is 5. The highest BCUT2D eigenvalue weighted by Crippen LogP contribution is 2.27. The number of carbonyl (C=O) groups excluding carboxylic acids is 1. The van der Waals surface area contributed by atoms with E-state index in [1.54, 1.807) is 16.5 Å². The van der Waals surface area contributed by atoms with E-state index in [0.29, 0.717) is 18.9 Å². The van der Waals surface area contributed by atoms with Crippen molar-refractivity contribution < 1.29 is 4.79 Å². The monoisotopic (exact) mass is 424 g/mol. The molecule has 1 unspecified atom stereocenters. The quantitative estimate of drug-likeness (QED) is 0.629. The standard InChI is InChI=1S/C21H24N6O4/c1-24-21(31)27(16-7-3-2-4-8-16)19(23-24)15-6-5-11-26(14-15)18(29)10-13-25-12-9-17(28)22-20(25)30/h2-4,7-9,12,15H,5-6,10-11,13-14H2,1H3,(H,22,28,30). The Hall–Kier alpha value is -3.69. The van der Waals surface area contributed by atoms with Crippen LogP contribution in [0.15, 0.2) is 57.0 Å². The first-order valence-corrected chi connectivity index (χ1v) is 10.2. The number of amides is 1. The average molecular weight is 424 g/mol. The van der Waals surface area contributed by atoms with E-state index in [-0.39, 0.29) is 30.5 Å². The summed E-state index contributed by atoms with van der Waals surface area (Å²) in [6.45, 7) is 1.27. The summed E-state index contributed by atoms with van der Waals surface area (Å²) >= 11 is 0. The van der Waals surface area contributed by atoms with Crippen molar-refractivity contribution in [2.24, 2.45) is 7.05 Å². The smallest absolute Gasteiger partial charge is 0.342 e. The second kappa shape index (κ2) is 8.58. The van der Waals surface area contributed by atoms with Crippen molar-refractivity contribution in [3.63, 3.8) is 0 Å². The fourth-order valence-corrected chi connectivity index (χ4v) is 3.98. The molecule has 2 aromatic heterocycles. The predicted molar refractivity (Wildman–Crippen MR) is 113 cm³/mol. The molecule has 0 bridgehead atoms. The second-order valence-electron chi connectivity index (χ2n) is 7.67. The molecule has 1 amide bonds. The maximum Gasteiger partial charge on any atom is 0.350 e. The molecule has 31 heavy (non-hydrogen) atoms. The molecule has 1 atom stereocenters. The van der Waals surface area contributed by atoms with Crippen molar-refractivity contribution in [2.45, 2.75) is 31.7 Å². The van der Waals surface area contributed by atoms with E-state index in [4.69, 9.17) is 0 Å². The summed E-state index contributed by atoms with van der Waals surface area (Å²) < 4.78 is 4.25. The Labute approximate surface area is 177 Å². The van der Waals surface area contributed by atoms with Gasteiger partial charge in [-0.25, -0.2) is 18.8 Å². The van der Waals surface area contributed by atoms with Gasteiger partial charge in [0.1, 0.15) is 5.82 Å². The molecule has 0 saturated carbocycles. The Morgan fingerprint density at radius 3 is 2.68 bits per heavy atom. The molecule has 1 N–H and O–H groups in total. The zero-order valence-electron chi connectivity index (χ0n) is 17.2. The number of aromatic amines is 1. The Morgan fingerprint density at radius 2 is 1.94 bits per heavy atom. The number of carbonyl (C=O) groups is 1. The minimum Gasteiger partial charge on any atom is -0.342 e. The van der Waals surface area contributed by atoms with Gasteiger partial charge in [-0.2, -0.15) is 5.10 Å². The van der Waals surface area contributed by atoms with Crippen LogP contribution in [0.5, 0.6) is 0 Å². The summed E-state index contributed by atoms with van der Waals surface area (Å²) in [4.78, 5) is 52.4. The van der Waals surface area contributed by atoms with Gasteiger partial charge in [-0.15, -0.1) is 0 Å². The summed E-state index contributed by atoms with van der Waals surface area (Å²) in [5.74, 6) is 0.503. The summed E-state index contributed by atoms with van der Waals surface area (Å²) in [6, 6.07) is 10.6. The molecule has 162 valence electrons. The second-order valence-corrected chi connectivity index (χ2v) is 7.67. The van der Waals surface area contributed by atoms with Crippen LogP contribution < -0.4 is 16.9 Å². The van der Waals surface area contributed by atoms with Crippen LogP contribution in [0.3, 0.4) is 0 Å². The van der Waals surface area contributed by atoms with E-state index in [1.165, 1.54) is 21.5 Å². The van der Waals surface area contributed by atoms with Gasteiger partial charge in [-0.05, 0) is 25.0 Å². The number of H-pyrrole nitrogens is 1. The van der Waals surface area contributed by atoms with Crippen LogP contribution >= 0.6 is 0 Å². The molecule has 1 fully saturated rings. The Kier molecular flexibility index (Phi) is 5.70. The number of nitrogens with one attached hydrogen (secondary N) is 1. The number of likely N-dealkylation sites (tertiary alicyclic amines) is 1. The summed E-state index contributed by atoms with van der Waals surface area (Å²) in [5.41, 5.74) is -0.470. The predicted octanol–water partition coefficient (Wildman–Crippen LogP) is 0.217. The maximum atomic E-state index is 12.8. The highest BCUT2D eigenvalue weighted by molar-refractivity contribution is 5.76. The first-order chi connectivity index (χ1) is 14.9. The third-order valence-electron chi connectivity index (χ3n) is 5.57. The van der Waals surface area contributed by atoms with Gasteiger partial charge in [0.25, 0.3) is 5.56 Å². The van der Waals surface area contributed by atoms with E-state index in [2.05, 4.69) is 10.1 Å². The summed E-state index contributed by atoms with van der Waals surface area (Å²) in [5, 5.41) is 4.47. The molecule has 1 aliphatic heterocycles. The van der Waals surface area contributed by atoms with E-state index in [1.807, 2.05) is 30.3 Å². The topological polar surface area (TPSA) is 115 Å². The highest BCUT2D eigenvalue weighted by Gasteiger charge is 2.29. The first kappa shape index (κ1) is 20.6. The third kappa shape index (κ3) is 4.27. The molecule has 10 heteroatoms. The van der Waals surface area contributed by atoms with Crippen LogP contribution in [0, 0.1) is 0 Å². The van der Waals surface area contributed by atoms with Crippen molar-refractivity contribution in [3.05, 3.63) is 79.7 Å². The molecule has 0 radical (unpaired) electrons. The van der Waals surface area contributed by atoms with Gasteiger partial charge in [0.05, 0.1) is 5.69 Å². The number of aromatic nitrogens is 5. The van der Waals surface area contributed by atoms with Crippen molar-refractivity contribution in [1.29, 1.82) is 0 Å². The number of para-hydroxylation sites is 1. The van der Waals surface area contributed by atoms with E-state index in [9.17, 15) is 19.2 Å².